The lowest BCUT2D eigenvalue weighted by Gasteiger charge is -2.25. The van der Waals surface area contributed by atoms with Gasteiger partial charge in [-0.2, -0.15) is 0 Å². The fourth-order valence-electron chi connectivity index (χ4n) is 5.21. The fourth-order valence-corrected chi connectivity index (χ4v) is 5.21. The molecule has 2 aliphatic rings. The molecule has 9 nitrogen and oxygen atoms in total. The third-order valence-electron chi connectivity index (χ3n) is 6.96. The van der Waals surface area contributed by atoms with Crippen LogP contribution in [0.25, 0.3) is 11.1 Å². The molecule has 1 fully saturated rings. The number of fused-ring (bicyclic) bond motifs is 3. The van der Waals surface area contributed by atoms with Crippen LogP contribution in [0, 0.1) is 0 Å². The van der Waals surface area contributed by atoms with Crippen LogP contribution < -0.4 is 0 Å². The molecule has 1 aromatic heterocycles. The van der Waals surface area contributed by atoms with Crippen molar-refractivity contribution in [2.24, 2.45) is 0 Å². The van der Waals surface area contributed by atoms with Gasteiger partial charge in [-0.25, -0.2) is 24.4 Å². The number of rotatable bonds is 8. The first-order valence-electron chi connectivity index (χ1n) is 13.2. The Kier molecular flexibility index (Phi) is 7.86. The van der Waals surface area contributed by atoms with Crippen molar-refractivity contribution in [3.05, 3.63) is 83.9 Å². The molecule has 2 heterocycles. The van der Waals surface area contributed by atoms with Gasteiger partial charge in [-0.1, -0.05) is 48.5 Å². The molecule has 0 unspecified atom stereocenters. The summed E-state index contributed by atoms with van der Waals surface area (Å²) in [5.41, 5.74) is 4.49. The minimum Gasteiger partial charge on any atom is -0.460 e. The zero-order valence-electron chi connectivity index (χ0n) is 22.0. The van der Waals surface area contributed by atoms with Gasteiger partial charge in [0.25, 0.3) is 0 Å². The highest BCUT2D eigenvalue weighted by atomic mass is 16.6. The van der Waals surface area contributed by atoms with Crippen molar-refractivity contribution < 1.29 is 28.6 Å². The summed E-state index contributed by atoms with van der Waals surface area (Å²) in [6.45, 7) is 3.94. The van der Waals surface area contributed by atoms with Crippen LogP contribution in [-0.2, 0) is 30.2 Å². The Morgan fingerprint density at radius 1 is 0.923 bits per heavy atom. The molecule has 2 aromatic carbocycles. The summed E-state index contributed by atoms with van der Waals surface area (Å²) >= 11 is 0. The van der Waals surface area contributed by atoms with Crippen molar-refractivity contribution in [2.75, 3.05) is 13.2 Å². The maximum Gasteiger partial charge on any atom is 0.410 e. The minimum absolute atomic E-state index is 0.0319. The largest absolute Gasteiger partial charge is 0.460 e. The minimum atomic E-state index is -1.23. The summed E-state index contributed by atoms with van der Waals surface area (Å²) < 4.78 is 16.7. The first-order chi connectivity index (χ1) is 18.9. The van der Waals surface area contributed by atoms with Crippen molar-refractivity contribution in [3.63, 3.8) is 0 Å². The lowest BCUT2D eigenvalue weighted by atomic mass is 9.98. The molecule has 0 N–H and O–H groups in total. The quantitative estimate of drug-likeness (QED) is 0.314. The summed E-state index contributed by atoms with van der Waals surface area (Å²) in [7, 11) is 0. The Morgan fingerprint density at radius 2 is 1.56 bits per heavy atom. The zero-order valence-corrected chi connectivity index (χ0v) is 22.0. The van der Waals surface area contributed by atoms with E-state index in [1.807, 2.05) is 24.3 Å². The summed E-state index contributed by atoms with van der Waals surface area (Å²) in [4.78, 5) is 48.8. The van der Waals surface area contributed by atoms with E-state index < -0.39 is 30.2 Å². The van der Waals surface area contributed by atoms with Crippen molar-refractivity contribution in [1.82, 2.24) is 14.9 Å². The summed E-state index contributed by atoms with van der Waals surface area (Å²) in [5.74, 6) is -1.11. The topological polar surface area (TPSA) is 108 Å². The number of hydrogen-bond acceptors (Lipinski definition) is 8. The van der Waals surface area contributed by atoms with Crippen molar-refractivity contribution >= 4 is 18.0 Å². The smallest absolute Gasteiger partial charge is 0.410 e. The maximum absolute atomic E-state index is 13.2. The molecule has 3 aromatic rings. The average molecular weight is 530 g/mol. The van der Waals surface area contributed by atoms with Crippen molar-refractivity contribution in [1.29, 1.82) is 0 Å². The SMILES string of the molecule is CC(C)OC(=O)[C@@H](Cc1ncccn1)OC(=O)[C@@H]1CCCN1C(=O)OCC1c2ccccc2-c2ccccc21. The molecular formula is C30H31N3O6. The predicted octanol–water partition coefficient (Wildman–Crippen LogP) is 4.30. The second kappa shape index (κ2) is 11.6. The summed E-state index contributed by atoms with van der Waals surface area (Å²) in [6.07, 6.45) is 1.89. The number of carbonyl (C=O) groups is 3. The molecule has 1 amide bonds. The van der Waals surface area contributed by atoms with Crippen LogP contribution in [0.2, 0.25) is 0 Å². The third-order valence-corrected chi connectivity index (χ3v) is 6.96. The Balaban J connectivity index is 1.25. The molecular weight excluding hydrogens is 498 g/mol. The number of carbonyl (C=O) groups excluding carboxylic acids is 3. The molecule has 0 radical (unpaired) electrons. The standard InChI is InChI=1S/C30H31N3O6/c1-19(2)38-29(35)26(17-27-31-14-8-15-32-27)39-28(34)25-13-7-16-33(25)30(36)37-18-24-22-11-5-3-9-20(22)21-10-4-6-12-23(21)24/h3-6,8-12,14-15,19,24-26H,7,13,16-18H2,1-2H3/t25-,26+/m0/s1. The number of esters is 2. The lowest BCUT2D eigenvalue weighted by Crippen LogP contribution is -2.44. The van der Waals surface area contributed by atoms with Gasteiger partial charge in [0.1, 0.15) is 18.5 Å². The molecule has 9 heteroatoms. The normalized spacial score (nSPS) is 16.9. The van der Waals surface area contributed by atoms with Gasteiger partial charge in [-0.3, -0.25) is 4.90 Å². The second-order valence-corrected chi connectivity index (χ2v) is 9.94. The second-order valence-electron chi connectivity index (χ2n) is 9.94. The van der Waals surface area contributed by atoms with E-state index in [9.17, 15) is 14.4 Å². The molecule has 2 atom stereocenters. The van der Waals surface area contributed by atoms with Gasteiger partial charge in [0, 0.05) is 24.9 Å². The van der Waals surface area contributed by atoms with Crippen LogP contribution in [0.3, 0.4) is 0 Å². The van der Waals surface area contributed by atoms with Gasteiger partial charge in [-0.15, -0.1) is 0 Å². The fraction of sp³-hybridized carbons (Fsp3) is 0.367. The van der Waals surface area contributed by atoms with E-state index in [1.165, 1.54) is 4.90 Å². The van der Waals surface area contributed by atoms with E-state index in [-0.39, 0.29) is 25.0 Å². The van der Waals surface area contributed by atoms with Crippen molar-refractivity contribution in [3.8, 4) is 11.1 Å². The highest BCUT2D eigenvalue weighted by molar-refractivity contribution is 5.85. The number of aromatic nitrogens is 2. The van der Waals surface area contributed by atoms with Gasteiger partial charge in [0.05, 0.1) is 12.5 Å². The number of hydrogen-bond donors (Lipinski definition) is 0. The molecule has 202 valence electrons. The third kappa shape index (κ3) is 5.77. The first-order valence-corrected chi connectivity index (χ1v) is 13.2. The van der Waals surface area contributed by atoms with Crippen LogP contribution in [0.15, 0.2) is 67.0 Å². The van der Waals surface area contributed by atoms with Gasteiger partial charge < -0.3 is 14.2 Å². The predicted molar refractivity (Wildman–Crippen MR) is 142 cm³/mol. The van der Waals surface area contributed by atoms with Gasteiger partial charge in [-0.05, 0) is 55.0 Å². The molecule has 0 spiro atoms. The molecule has 1 saturated heterocycles. The van der Waals surface area contributed by atoms with E-state index in [4.69, 9.17) is 14.2 Å². The first kappa shape index (κ1) is 26.3. The summed E-state index contributed by atoms with van der Waals surface area (Å²) in [6, 6.07) is 17.0. The molecule has 39 heavy (non-hydrogen) atoms. The Labute approximate surface area is 227 Å². The van der Waals surface area contributed by atoms with Crippen LogP contribution in [0.1, 0.15) is 49.6 Å². The average Bonchev–Trinajstić information content (AvgIpc) is 3.55. The Hall–Kier alpha value is -4.27. The molecule has 0 bridgehead atoms. The molecule has 0 saturated carbocycles. The molecule has 5 rings (SSSR count). The van der Waals surface area contributed by atoms with Crippen LogP contribution >= 0.6 is 0 Å². The van der Waals surface area contributed by atoms with Crippen molar-refractivity contribution in [2.45, 2.75) is 57.3 Å². The molecule has 1 aliphatic heterocycles. The van der Waals surface area contributed by atoms with E-state index in [1.54, 1.807) is 32.3 Å². The highest BCUT2D eigenvalue weighted by Crippen LogP contribution is 2.44. The van der Waals surface area contributed by atoms with Crippen LogP contribution in [-0.4, -0.2) is 64.3 Å². The monoisotopic (exact) mass is 529 g/mol. The number of nitrogens with zero attached hydrogens (tertiary/aromatic N) is 3. The number of ether oxygens (including phenoxy) is 3. The van der Waals surface area contributed by atoms with E-state index in [0.29, 0.717) is 25.2 Å². The van der Waals surface area contributed by atoms with E-state index >= 15 is 0 Å². The van der Waals surface area contributed by atoms with Gasteiger partial charge in [0.2, 0.25) is 6.10 Å². The molecule has 1 aliphatic carbocycles. The number of amides is 1. The summed E-state index contributed by atoms with van der Waals surface area (Å²) in [5, 5.41) is 0. The number of likely N-dealkylation sites (tertiary alicyclic amines) is 1. The zero-order chi connectivity index (χ0) is 27.4. The number of benzene rings is 2. The highest BCUT2D eigenvalue weighted by Gasteiger charge is 2.39. The van der Waals surface area contributed by atoms with Gasteiger partial charge in [0.15, 0.2) is 0 Å². The Morgan fingerprint density at radius 3 is 2.21 bits per heavy atom. The lowest BCUT2D eigenvalue weighted by molar-refractivity contribution is -0.172. The maximum atomic E-state index is 13.2. The van der Waals surface area contributed by atoms with E-state index in [0.717, 1.165) is 22.3 Å². The van der Waals surface area contributed by atoms with Crippen LogP contribution in [0.4, 0.5) is 4.79 Å². The van der Waals surface area contributed by atoms with E-state index in [2.05, 4.69) is 34.2 Å². The van der Waals surface area contributed by atoms with Gasteiger partial charge >= 0.3 is 18.0 Å². The van der Waals surface area contributed by atoms with Crippen LogP contribution in [0.5, 0.6) is 0 Å². The Bertz CT molecular complexity index is 1300.